The fourth-order valence-electron chi connectivity index (χ4n) is 2.07. The number of rotatable bonds is 3. The molecule has 0 bridgehead atoms. The molecule has 1 amide bonds. The summed E-state index contributed by atoms with van der Waals surface area (Å²) >= 11 is 0. The zero-order valence-electron chi connectivity index (χ0n) is 8.80. The van der Waals surface area contributed by atoms with Gasteiger partial charge in [-0.25, -0.2) is 0 Å². The lowest BCUT2D eigenvalue weighted by atomic mass is 9.93. The third kappa shape index (κ3) is 3.28. The summed E-state index contributed by atoms with van der Waals surface area (Å²) in [7, 11) is 0. The fraction of sp³-hybridized carbons (Fsp3) is 0.636. The van der Waals surface area contributed by atoms with Crippen LogP contribution in [0.5, 0.6) is 0 Å². The van der Waals surface area contributed by atoms with E-state index in [0.29, 0.717) is 0 Å². The van der Waals surface area contributed by atoms with Gasteiger partial charge in [0.1, 0.15) is 0 Å². The highest BCUT2D eigenvalue weighted by Crippen LogP contribution is 2.32. The lowest BCUT2D eigenvalue weighted by molar-refractivity contribution is -0.138. The van der Waals surface area contributed by atoms with E-state index in [4.69, 9.17) is 5.11 Å². The minimum absolute atomic E-state index is 0.00979. The van der Waals surface area contributed by atoms with Gasteiger partial charge < -0.3 is 10.4 Å². The molecular weight excluding hydrogens is 194 g/mol. The van der Waals surface area contributed by atoms with E-state index >= 15 is 0 Å². The van der Waals surface area contributed by atoms with Crippen LogP contribution >= 0.6 is 0 Å². The van der Waals surface area contributed by atoms with Gasteiger partial charge in [-0.05, 0) is 25.7 Å². The minimum atomic E-state index is -0.873. The van der Waals surface area contributed by atoms with E-state index in [2.05, 4.69) is 17.2 Å². The maximum absolute atomic E-state index is 11.3. The molecule has 0 atom stereocenters. The molecule has 1 saturated carbocycles. The largest absolute Gasteiger partial charge is 0.481 e. The van der Waals surface area contributed by atoms with Gasteiger partial charge in [-0.3, -0.25) is 9.59 Å². The number of hydrogen-bond acceptors (Lipinski definition) is 2. The summed E-state index contributed by atoms with van der Waals surface area (Å²) in [6.45, 7) is 1.58. The standard InChI is InChI=1S/C11H15NO3/c1-2-5-9(13)12-11(8-10(14)15)6-3-4-7-11/h3-4,6-8H2,1H3,(H,12,13)(H,14,15). The van der Waals surface area contributed by atoms with Crippen LogP contribution in [0.2, 0.25) is 0 Å². The highest BCUT2D eigenvalue weighted by molar-refractivity contribution is 5.94. The molecule has 0 aromatic heterocycles. The Morgan fingerprint density at radius 2 is 2.00 bits per heavy atom. The van der Waals surface area contributed by atoms with Crippen LogP contribution in [0.1, 0.15) is 39.0 Å². The van der Waals surface area contributed by atoms with Crippen molar-refractivity contribution in [2.45, 2.75) is 44.6 Å². The predicted molar refractivity (Wildman–Crippen MR) is 55.0 cm³/mol. The van der Waals surface area contributed by atoms with Crippen molar-refractivity contribution in [3.8, 4) is 11.8 Å². The molecule has 0 aromatic rings. The highest BCUT2D eigenvalue weighted by atomic mass is 16.4. The Balaban J connectivity index is 2.67. The Labute approximate surface area is 89.0 Å². The third-order valence-corrected chi connectivity index (χ3v) is 2.67. The number of carboxylic acid groups (broad SMARTS) is 1. The molecule has 0 unspecified atom stereocenters. The Hall–Kier alpha value is -1.50. The van der Waals surface area contributed by atoms with Gasteiger partial charge in [0, 0.05) is 0 Å². The zero-order valence-corrected chi connectivity index (χ0v) is 8.80. The predicted octanol–water partition coefficient (Wildman–Crippen LogP) is 0.913. The van der Waals surface area contributed by atoms with Gasteiger partial charge in [0.2, 0.25) is 0 Å². The van der Waals surface area contributed by atoms with Crippen LogP contribution in [0.15, 0.2) is 0 Å². The number of hydrogen-bond donors (Lipinski definition) is 2. The molecular formula is C11H15NO3. The van der Waals surface area contributed by atoms with Gasteiger partial charge in [-0.1, -0.05) is 18.8 Å². The van der Waals surface area contributed by atoms with E-state index < -0.39 is 11.5 Å². The van der Waals surface area contributed by atoms with Crippen molar-refractivity contribution in [2.75, 3.05) is 0 Å². The van der Waals surface area contributed by atoms with E-state index in [1.54, 1.807) is 6.92 Å². The number of nitrogens with one attached hydrogen (secondary N) is 1. The van der Waals surface area contributed by atoms with Crippen LogP contribution in [-0.2, 0) is 9.59 Å². The summed E-state index contributed by atoms with van der Waals surface area (Å²) in [6, 6.07) is 0. The normalized spacial score (nSPS) is 17.7. The van der Waals surface area contributed by atoms with Crippen molar-refractivity contribution in [3.05, 3.63) is 0 Å². The van der Waals surface area contributed by atoms with Crippen LogP contribution in [0.4, 0.5) is 0 Å². The monoisotopic (exact) mass is 209 g/mol. The zero-order chi connectivity index (χ0) is 11.3. The van der Waals surface area contributed by atoms with Crippen LogP contribution < -0.4 is 5.32 Å². The molecule has 0 spiro atoms. The van der Waals surface area contributed by atoms with E-state index in [9.17, 15) is 9.59 Å². The van der Waals surface area contributed by atoms with Crippen molar-refractivity contribution in [2.24, 2.45) is 0 Å². The van der Waals surface area contributed by atoms with Crippen LogP contribution in [0, 0.1) is 11.8 Å². The molecule has 0 heterocycles. The molecule has 0 saturated heterocycles. The van der Waals surface area contributed by atoms with Crippen molar-refractivity contribution < 1.29 is 14.7 Å². The molecule has 2 N–H and O–H groups in total. The van der Waals surface area contributed by atoms with Gasteiger partial charge in [0.05, 0.1) is 12.0 Å². The van der Waals surface area contributed by atoms with Gasteiger partial charge in [-0.2, -0.15) is 0 Å². The number of carbonyl (C=O) groups is 2. The summed E-state index contributed by atoms with van der Waals surface area (Å²) < 4.78 is 0. The lowest BCUT2D eigenvalue weighted by Gasteiger charge is -2.27. The van der Waals surface area contributed by atoms with E-state index in [1.165, 1.54) is 0 Å². The van der Waals surface area contributed by atoms with Gasteiger partial charge in [0.15, 0.2) is 0 Å². The number of aliphatic carboxylic acids is 1. The molecule has 82 valence electrons. The summed E-state index contributed by atoms with van der Waals surface area (Å²) in [4.78, 5) is 22.0. The molecule has 1 fully saturated rings. The van der Waals surface area contributed by atoms with Gasteiger partial charge in [0.25, 0.3) is 5.91 Å². The first-order valence-corrected chi connectivity index (χ1v) is 5.05. The summed E-state index contributed by atoms with van der Waals surface area (Å²) in [5.41, 5.74) is -0.563. The maximum Gasteiger partial charge on any atom is 0.305 e. The average molecular weight is 209 g/mol. The molecule has 1 rings (SSSR count). The maximum atomic E-state index is 11.3. The molecule has 1 aliphatic rings. The molecule has 0 aromatic carbocycles. The van der Waals surface area contributed by atoms with Gasteiger partial charge >= 0.3 is 5.97 Å². The Kier molecular flexibility index (Phi) is 3.73. The first-order valence-electron chi connectivity index (χ1n) is 5.05. The fourth-order valence-corrected chi connectivity index (χ4v) is 2.07. The molecule has 4 heteroatoms. The topological polar surface area (TPSA) is 66.4 Å². The molecule has 15 heavy (non-hydrogen) atoms. The summed E-state index contributed by atoms with van der Waals surface area (Å²) in [5.74, 6) is 3.63. The Bertz CT molecular complexity index is 318. The summed E-state index contributed by atoms with van der Waals surface area (Å²) in [6.07, 6.45) is 3.39. The highest BCUT2D eigenvalue weighted by Gasteiger charge is 2.37. The van der Waals surface area contributed by atoms with Crippen LogP contribution in [-0.4, -0.2) is 22.5 Å². The second-order valence-corrected chi connectivity index (χ2v) is 3.89. The van der Waals surface area contributed by atoms with Crippen LogP contribution in [0.3, 0.4) is 0 Å². The van der Waals surface area contributed by atoms with Crippen LogP contribution in [0.25, 0.3) is 0 Å². The van der Waals surface area contributed by atoms with Crippen molar-refractivity contribution >= 4 is 11.9 Å². The second kappa shape index (κ2) is 4.83. The minimum Gasteiger partial charge on any atom is -0.481 e. The first-order chi connectivity index (χ1) is 7.08. The quantitative estimate of drug-likeness (QED) is 0.679. The average Bonchev–Trinajstić information content (AvgIpc) is 2.51. The van der Waals surface area contributed by atoms with E-state index in [0.717, 1.165) is 25.7 Å². The SMILES string of the molecule is CC#CC(=O)NC1(CC(=O)O)CCCC1. The number of amides is 1. The van der Waals surface area contributed by atoms with Crippen molar-refractivity contribution in [1.29, 1.82) is 0 Å². The van der Waals surface area contributed by atoms with Crippen molar-refractivity contribution in [1.82, 2.24) is 5.32 Å². The molecule has 4 nitrogen and oxygen atoms in total. The summed E-state index contributed by atoms with van der Waals surface area (Å²) in [5, 5.41) is 11.5. The Morgan fingerprint density at radius 1 is 1.40 bits per heavy atom. The van der Waals surface area contributed by atoms with Crippen molar-refractivity contribution in [3.63, 3.8) is 0 Å². The lowest BCUT2D eigenvalue weighted by Crippen LogP contribution is -2.47. The number of carbonyl (C=O) groups excluding carboxylic acids is 1. The van der Waals surface area contributed by atoms with E-state index in [-0.39, 0.29) is 12.3 Å². The third-order valence-electron chi connectivity index (χ3n) is 2.67. The Morgan fingerprint density at radius 3 is 2.47 bits per heavy atom. The van der Waals surface area contributed by atoms with E-state index in [1.807, 2.05) is 0 Å². The van der Waals surface area contributed by atoms with Gasteiger partial charge in [-0.15, -0.1) is 0 Å². The molecule has 0 aliphatic heterocycles. The number of carboxylic acids is 1. The molecule has 0 radical (unpaired) electrons. The second-order valence-electron chi connectivity index (χ2n) is 3.89. The smallest absolute Gasteiger partial charge is 0.305 e. The molecule has 1 aliphatic carbocycles. The first kappa shape index (κ1) is 11.6.